The van der Waals surface area contributed by atoms with Crippen molar-refractivity contribution in [2.24, 2.45) is 10.8 Å². The highest BCUT2D eigenvalue weighted by Crippen LogP contribution is 2.51. The molecule has 114 valence electrons. The van der Waals surface area contributed by atoms with E-state index in [1.807, 2.05) is 0 Å². The average molecular weight is 268 g/mol. The summed E-state index contributed by atoms with van der Waals surface area (Å²) in [6, 6.07) is 0. The average Bonchev–Trinajstić information content (AvgIpc) is 2.17. The maximum absolute atomic E-state index is 10.9. The highest BCUT2D eigenvalue weighted by Gasteiger charge is 2.45. The van der Waals surface area contributed by atoms with Crippen molar-refractivity contribution < 1.29 is 5.11 Å². The van der Waals surface area contributed by atoms with E-state index in [0.29, 0.717) is 10.8 Å². The Morgan fingerprint density at radius 1 is 0.737 bits per heavy atom. The second-order valence-electron chi connectivity index (χ2n) is 8.60. The predicted octanol–water partition coefficient (Wildman–Crippen LogP) is 5.70. The van der Waals surface area contributed by atoms with Gasteiger partial charge in [-0.25, -0.2) is 0 Å². The Bertz CT molecular complexity index is 249. The third-order valence-electron chi connectivity index (χ3n) is 4.57. The van der Waals surface area contributed by atoms with Crippen LogP contribution in [0.5, 0.6) is 0 Å². The first-order chi connectivity index (χ1) is 8.68. The fourth-order valence-corrected chi connectivity index (χ4v) is 4.68. The second-order valence-corrected chi connectivity index (χ2v) is 8.60. The molecule has 19 heavy (non-hydrogen) atoms. The third kappa shape index (κ3) is 6.29. The van der Waals surface area contributed by atoms with Gasteiger partial charge >= 0.3 is 0 Å². The van der Waals surface area contributed by atoms with Crippen LogP contribution in [0, 0.1) is 10.8 Å². The van der Waals surface area contributed by atoms with E-state index in [0.717, 1.165) is 19.3 Å². The van der Waals surface area contributed by atoms with E-state index in [-0.39, 0.29) is 0 Å². The Morgan fingerprint density at radius 3 is 1.74 bits per heavy atom. The van der Waals surface area contributed by atoms with Crippen LogP contribution < -0.4 is 0 Å². The number of hydrogen-bond acceptors (Lipinski definition) is 1. The van der Waals surface area contributed by atoms with Crippen LogP contribution in [-0.2, 0) is 0 Å². The zero-order valence-electron chi connectivity index (χ0n) is 14.0. The summed E-state index contributed by atoms with van der Waals surface area (Å²) in [4.78, 5) is 0. The molecule has 0 heterocycles. The molecule has 1 heteroatoms. The van der Waals surface area contributed by atoms with Gasteiger partial charge < -0.3 is 5.11 Å². The highest BCUT2D eigenvalue weighted by molar-refractivity contribution is 4.97. The minimum absolute atomic E-state index is 0.290. The second kappa shape index (κ2) is 6.61. The predicted molar refractivity (Wildman–Crippen MR) is 84.4 cm³/mol. The highest BCUT2D eigenvalue weighted by atomic mass is 16.3. The van der Waals surface area contributed by atoms with Crippen LogP contribution in [-0.4, -0.2) is 10.7 Å². The molecule has 1 nitrogen and oxygen atoms in total. The molecular weight excluding hydrogens is 232 g/mol. The van der Waals surface area contributed by atoms with E-state index >= 15 is 0 Å². The van der Waals surface area contributed by atoms with Gasteiger partial charge in [0, 0.05) is 0 Å². The normalized spacial score (nSPS) is 24.3. The van der Waals surface area contributed by atoms with Crippen molar-refractivity contribution >= 4 is 0 Å². The van der Waals surface area contributed by atoms with Crippen molar-refractivity contribution in [2.75, 3.05) is 0 Å². The van der Waals surface area contributed by atoms with Gasteiger partial charge in [-0.05, 0) is 36.5 Å². The standard InChI is InChI=1S/C18H36O/c1-6-7-8-9-10-11-12-18(19)14-16(2,3)13-17(4,5)15-18/h19H,6-15H2,1-5H3. The van der Waals surface area contributed by atoms with Crippen molar-refractivity contribution in [3.05, 3.63) is 0 Å². The van der Waals surface area contributed by atoms with Crippen molar-refractivity contribution in [3.63, 3.8) is 0 Å². The molecule has 1 N–H and O–H groups in total. The van der Waals surface area contributed by atoms with Gasteiger partial charge in [0.05, 0.1) is 5.60 Å². The lowest BCUT2D eigenvalue weighted by atomic mass is 9.59. The van der Waals surface area contributed by atoms with E-state index in [1.165, 1.54) is 44.9 Å². The summed E-state index contributed by atoms with van der Waals surface area (Å²) >= 11 is 0. The van der Waals surface area contributed by atoms with Crippen molar-refractivity contribution in [3.8, 4) is 0 Å². The van der Waals surface area contributed by atoms with E-state index in [9.17, 15) is 5.11 Å². The van der Waals surface area contributed by atoms with Crippen LogP contribution in [0.15, 0.2) is 0 Å². The largest absolute Gasteiger partial charge is 0.390 e. The number of unbranched alkanes of at least 4 members (excludes halogenated alkanes) is 5. The molecule has 1 aliphatic rings. The number of hydrogen-bond donors (Lipinski definition) is 1. The number of rotatable bonds is 7. The van der Waals surface area contributed by atoms with Gasteiger partial charge in [0.2, 0.25) is 0 Å². The van der Waals surface area contributed by atoms with E-state index in [2.05, 4.69) is 34.6 Å². The Labute approximate surface area is 121 Å². The van der Waals surface area contributed by atoms with Gasteiger partial charge in [-0.1, -0.05) is 73.1 Å². The van der Waals surface area contributed by atoms with Gasteiger partial charge in [-0.3, -0.25) is 0 Å². The molecule has 0 unspecified atom stereocenters. The first kappa shape index (κ1) is 17.0. The van der Waals surface area contributed by atoms with Crippen LogP contribution in [0.25, 0.3) is 0 Å². The minimum atomic E-state index is -0.407. The molecule has 1 saturated carbocycles. The molecule has 0 spiro atoms. The minimum Gasteiger partial charge on any atom is -0.390 e. The first-order valence-corrected chi connectivity index (χ1v) is 8.41. The van der Waals surface area contributed by atoms with E-state index in [1.54, 1.807) is 0 Å². The summed E-state index contributed by atoms with van der Waals surface area (Å²) in [6.07, 6.45) is 12.1. The summed E-state index contributed by atoms with van der Waals surface area (Å²) in [7, 11) is 0. The molecule has 1 fully saturated rings. The quantitative estimate of drug-likeness (QED) is 0.587. The Kier molecular flexibility index (Phi) is 5.92. The Hall–Kier alpha value is -0.0400. The van der Waals surface area contributed by atoms with Crippen molar-refractivity contribution in [1.29, 1.82) is 0 Å². The SMILES string of the molecule is CCCCCCCCC1(O)CC(C)(C)CC(C)(C)C1. The zero-order valence-corrected chi connectivity index (χ0v) is 14.0. The smallest absolute Gasteiger partial charge is 0.0658 e. The third-order valence-corrected chi connectivity index (χ3v) is 4.57. The van der Waals surface area contributed by atoms with E-state index in [4.69, 9.17) is 0 Å². The van der Waals surface area contributed by atoms with Gasteiger partial charge in [0.1, 0.15) is 0 Å². The van der Waals surface area contributed by atoms with Crippen molar-refractivity contribution in [1.82, 2.24) is 0 Å². The van der Waals surface area contributed by atoms with E-state index < -0.39 is 5.60 Å². The lowest BCUT2D eigenvalue weighted by Gasteiger charge is -2.49. The van der Waals surface area contributed by atoms with Gasteiger partial charge in [-0.2, -0.15) is 0 Å². The summed E-state index contributed by atoms with van der Waals surface area (Å²) in [5, 5.41) is 10.9. The maximum Gasteiger partial charge on any atom is 0.0658 e. The summed E-state index contributed by atoms with van der Waals surface area (Å²) < 4.78 is 0. The fraction of sp³-hybridized carbons (Fsp3) is 1.00. The Morgan fingerprint density at radius 2 is 1.21 bits per heavy atom. The zero-order chi connectivity index (χ0) is 14.6. The van der Waals surface area contributed by atoms with Gasteiger partial charge in [0.15, 0.2) is 0 Å². The van der Waals surface area contributed by atoms with Crippen LogP contribution in [0.4, 0.5) is 0 Å². The summed E-state index contributed by atoms with van der Waals surface area (Å²) in [5.41, 5.74) is 0.174. The molecule has 0 bridgehead atoms. The lowest BCUT2D eigenvalue weighted by molar-refractivity contribution is -0.0915. The van der Waals surface area contributed by atoms with Crippen molar-refractivity contribution in [2.45, 2.75) is 104 Å². The lowest BCUT2D eigenvalue weighted by Crippen LogP contribution is -2.46. The van der Waals surface area contributed by atoms with Crippen LogP contribution >= 0.6 is 0 Å². The van der Waals surface area contributed by atoms with Crippen LogP contribution in [0.3, 0.4) is 0 Å². The molecule has 0 aromatic heterocycles. The van der Waals surface area contributed by atoms with Gasteiger partial charge in [-0.15, -0.1) is 0 Å². The molecule has 0 amide bonds. The summed E-state index contributed by atoms with van der Waals surface area (Å²) in [5.74, 6) is 0. The number of aliphatic hydroxyl groups is 1. The molecular formula is C18H36O. The summed E-state index contributed by atoms with van der Waals surface area (Å²) in [6.45, 7) is 11.5. The molecule has 0 aromatic rings. The topological polar surface area (TPSA) is 20.2 Å². The molecule has 1 aliphatic carbocycles. The fourth-order valence-electron chi connectivity index (χ4n) is 4.68. The van der Waals surface area contributed by atoms with Crippen LogP contribution in [0.1, 0.15) is 98.8 Å². The monoisotopic (exact) mass is 268 g/mol. The molecule has 0 atom stereocenters. The molecule has 0 saturated heterocycles. The molecule has 0 aromatic carbocycles. The van der Waals surface area contributed by atoms with Gasteiger partial charge in [0.25, 0.3) is 0 Å². The molecule has 0 aliphatic heterocycles. The molecule has 1 rings (SSSR count). The Balaban J connectivity index is 2.38. The molecule has 0 radical (unpaired) electrons. The first-order valence-electron chi connectivity index (χ1n) is 8.41. The maximum atomic E-state index is 10.9. The van der Waals surface area contributed by atoms with Crippen LogP contribution in [0.2, 0.25) is 0 Å².